The summed E-state index contributed by atoms with van der Waals surface area (Å²) in [7, 11) is 2.06. The molecule has 2 heterocycles. The van der Waals surface area contributed by atoms with E-state index in [4.69, 9.17) is 11.6 Å². The Morgan fingerprint density at radius 2 is 1.82 bits per heavy atom. The third-order valence-electron chi connectivity index (χ3n) is 6.44. The number of hydrogen-bond donors (Lipinski definition) is 1. The number of fused-ring (bicyclic) bond motifs is 1. The first-order chi connectivity index (χ1) is 15.8. The Morgan fingerprint density at radius 1 is 1.12 bits per heavy atom. The third-order valence-corrected chi connectivity index (χ3v) is 6.74. The normalized spacial score (nSPS) is 21.9. The van der Waals surface area contributed by atoms with E-state index >= 15 is 0 Å². The summed E-state index contributed by atoms with van der Waals surface area (Å²) in [4.78, 5) is 33.9. The minimum Gasteiger partial charge on any atom is -0.433 e. The molecule has 178 valence electrons. The maximum atomic E-state index is 12.8. The predicted octanol–water partition coefficient (Wildman–Crippen LogP) is 3.55. The van der Waals surface area contributed by atoms with Gasteiger partial charge in [-0.1, -0.05) is 11.6 Å². The minimum absolute atomic E-state index is 0.00450. The van der Waals surface area contributed by atoms with Crippen LogP contribution in [0.25, 0.3) is 10.9 Å². The molecule has 0 spiro atoms. The first-order valence-corrected chi connectivity index (χ1v) is 11.5. The monoisotopic (exact) mass is 480 g/mol. The number of hydrogen-bond acceptors (Lipinski definition) is 5. The largest absolute Gasteiger partial charge is 0.433 e. The van der Waals surface area contributed by atoms with Crippen LogP contribution < -0.4 is 10.1 Å². The maximum absolute atomic E-state index is 12.8. The summed E-state index contributed by atoms with van der Waals surface area (Å²) in [6.07, 6.45) is 4.41. The quantitative estimate of drug-likeness (QED) is 0.708. The van der Waals surface area contributed by atoms with Gasteiger partial charge in [-0.3, -0.25) is 14.6 Å². The maximum Gasteiger partial charge on any atom is 0.387 e. The van der Waals surface area contributed by atoms with Crippen molar-refractivity contribution in [3.8, 4) is 5.75 Å². The Morgan fingerprint density at radius 3 is 2.48 bits per heavy atom. The van der Waals surface area contributed by atoms with Gasteiger partial charge in [-0.15, -0.1) is 0 Å². The van der Waals surface area contributed by atoms with Gasteiger partial charge in [0.15, 0.2) is 0 Å². The van der Waals surface area contributed by atoms with Crippen molar-refractivity contribution >= 4 is 34.3 Å². The molecule has 2 aromatic rings. The molecule has 0 unspecified atom stereocenters. The average molecular weight is 481 g/mol. The van der Waals surface area contributed by atoms with Crippen LogP contribution >= 0.6 is 11.6 Å². The molecule has 7 nitrogen and oxygen atoms in total. The van der Waals surface area contributed by atoms with Gasteiger partial charge in [-0.2, -0.15) is 8.78 Å². The highest BCUT2D eigenvalue weighted by molar-refractivity contribution is 6.32. The van der Waals surface area contributed by atoms with E-state index in [1.54, 1.807) is 6.07 Å². The molecule has 2 fully saturated rings. The van der Waals surface area contributed by atoms with Crippen molar-refractivity contribution in [1.82, 2.24) is 20.1 Å². The molecule has 0 atom stereocenters. The van der Waals surface area contributed by atoms with Crippen LogP contribution in [-0.2, 0) is 4.79 Å². The summed E-state index contributed by atoms with van der Waals surface area (Å²) >= 11 is 6.02. The minimum atomic E-state index is -2.99. The molecule has 1 N–H and O–H groups in total. The number of carbonyl (C=O) groups is 2. The average Bonchev–Trinajstić information content (AvgIpc) is 2.79. The molecule has 0 radical (unpaired) electrons. The molecule has 2 aliphatic rings. The van der Waals surface area contributed by atoms with Crippen molar-refractivity contribution in [1.29, 1.82) is 0 Å². The number of likely N-dealkylation sites (N-methyl/N-ethyl adjacent to an activating group) is 1. The molecule has 1 saturated heterocycles. The van der Waals surface area contributed by atoms with Crippen molar-refractivity contribution in [2.24, 2.45) is 5.92 Å². The smallest absolute Gasteiger partial charge is 0.387 e. The fraction of sp³-hybridized carbons (Fsp3) is 0.522. The van der Waals surface area contributed by atoms with E-state index in [1.807, 2.05) is 4.90 Å². The Labute approximate surface area is 196 Å². The standard InChI is InChI=1S/C23H27ClF2N4O3/c1-29-6-8-30(9-7-29)22(32)14-2-4-17(5-3-14)28-21(31)16-10-15-11-18(24)20(33-23(25)26)12-19(15)27-13-16/h10-14,17,23H,2-9H2,1H3,(H,28,31)/t14-,17-. The topological polar surface area (TPSA) is 74.8 Å². The van der Waals surface area contributed by atoms with Crippen molar-refractivity contribution in [3.05, 3.63) is 35.0 Å². The van der Waals surface area contributed by atoms with Gasteiger partial charge >= 0.3 is 6.61 Å². The van der Waals surface area contributed by atoms with Crippen molar-refractivity contribution in [2.75, 3.05) is 33.2 Å². The van der Waals surface area contributed by atoms with E-state index in [0.29, 0.717) is 16.5 Å². The zero-order valence-electron chi connectivity index (χ0n) is 18.4. The van der Waals surface area contributed by atoms with Gasteiger partial charge in [-0.05, 0) is 44.9 Å². The third kappa shape index (κ3) is 5.70. The van der Waals surface area contributed by atoms with E-state index in [0.717, 1.165) is 51.9 Å². The number of nitrogens with zero attached hydrogens (tertiary/aromatic N) is 3. The van der Waals surface area contributed by atoms with Crippen LogP contribution in [0.4, 0.5) is 8.78 Å². The molecular weight excluding hydrogens is 454 g/mol. The highest BCUT2D eigenvalue weighted by Gasteiger charge is 2.31. The van der Waals surface area contributed by atoms with Crippen LogP contribution in [0.5, 0.6) is 5.75 Å². The Bertz CT molecular complexity index is 1020. The number of rotatable bonds is 5. The van der Waals surface area contributed by atoms with Crippen molar-refractivity contribution in [3.63, 3.8) is 0 Å². The number of alkyl halides is 2. The molecule has 1 aromatic carbocycles. The van der Waals surface area contributed by atoms with Gasteiger partial charge in [0.05, 0.1) is 16.1 Å². The second-order valence-electron chi connectivity index (χ2n) is 8.73. The highest BCUT2D eigenvalue weighted by Crippen LogP contribution is 2.31. The van der Waals surface area contributed by atoms with Gasteiger partial charge in [0, 0.05) is 55.8 Å². The van der Waals surface area contributed by atoms with Crippen molar-refractivity contribution in [2.45, 2.75) is 38.3 Å². The lowest BCUT2D eigenvalue weighted by atomic mass is 9.85. The number of halogens is 3. The van der Waals surface area contributed by atoms with Crippen molar-refractivity contribution < 1.29 is 23.1 Å². The van der Waals surface area contributed by atoms with Gasteiger partial charge in [0.1, 0.15) is 5.75 Å². The summed E-state index contributed by atoms with van der Waals surface area (Å²) < 4.78 is 29.4. The Kier molecular flexibility index (Phi) is 7.29. The molecule has 4 rings (SSSR count). The van der Waals surface area contributed by atoms with E-state index in [2.05, 4.69) is 27.0 Å². The number of aromatic nitrogens is 1. The SMILES string of the molecule is CN1CCN(C(=O)[C@H]2CC[C@H](NC(=O)c3cnc4cc(OC(F)F)c(Cl)cc4c3)CC2)CC1. The summed E-state index contributed by atoms with van der Waals surface area (Å²) in [5.41, 5.74) is 0.756. The van der Waals surface area contributed by atoms with Gasteiger partial charge in [0.25, 0.3) is 5.91 Å². The lowest BCUT2D eigenvalue weighted by Gasteiger charge is -2.36. The van der Waals surface area contributed by atoms with Crippen LogP contribution in [0.1, 0.15) is 36.0 Å². The fourth-order valence-electron chi connectivity index (χ4n) is 4.48. The molecule has 1 aliphatic heterocycles. The summed E-state index contributed by atoms with van der Waals surface area (Å²) in [6.45, 7) is 0.379. The first-order valence-electron chi connectivity index (χ1n) is 11.1. The number of carbonyl (C=O) groups excluding carboxylic acids is 2. The van der Waals surface area contributed by atoms with E-state index < -0.39 is 6.61 Å². The molecule has 0 bridgehead atoms. The van der Waals surface area contributed by atoms with E-state index in [1.165, 1.54) is 18.3 Å². The second-order valence-corrected chi connectivity index (χ2v) is 9.14. The summed E-state index contributed by atoms with van der Waals surface area (Å²) in [5.74, 6) is -0.164. The van der Waals surface area contributed by atoms with E-state index in [-0.39, 0.29) is 34.5 Å². The lowest BCUT2D eigenvalue weighted by molar-refractivity contribution is -0.138. The number of nitrogens with one attached hydrogen (secondary N) is 1. The second kappa shape index (κ2) is 10.2. The number of amides is 2. The Hall–Kier alpha value is -2.52. The molecule has 10 heteroatoms. The lowest BCUT2D eigenvalue weighted by Crippen LogP contribution is -2.50. The summed E-state index contributed by atoms with van der Waals surface area (Å²) in [6, 6.07) is 4.39. The van der Waals surface area contributed by atoms with Crippen LogP contribution in [0.3, 0.4) is 0 Å². The van der Waals surface area contributed by atoms with Crippen LogP contribution in [-0.4, -0.2) is 72.5 Å². The van der Waals surface area contributed by atoms with E-state index in [9.17, 15) is 18.4 Å². The molecule has 2 amide bonds. The van der Waals surface area contributed by atoms with Crippen LogP contribution in [0.2, 0.25) is 5.02 Å². The predicted molar refractivity (Wildman–Crippen MR) is 121 cm³/mol. The summed E-state index contributed by atoms with van der Waals surface area (Å²) in [5, 5.41) is 3.60. The molecule has 1 aliphatic carbocycles. The van der Waals surface area contributed by atoms with Crippen LogP contribution in [0, 0.1) is 5.92 Å². The zero-order chi connectivity index (χ0) is 23.5. The number of piperazine rings is 1. The fourth-order valence-corrected chi connectivity index (χ4v) is 4.69. The zero-order valence-corrected chi connectivity index (χ0v) is 19.2. The van der Waals surface area contributed by atoms with Gasteiger partial charge < -0.3 is 19.9 Å². The van der Waals surface area contributed by atoms with Gasteiger partial charge in [-0.25, -0.2) is 0 Å². The molecule has 33 heavy (non-hydrogen) atoms. The molecule has 1 saturated carbocycles. The Balaban J connectivity index is 1.33. The number of pyridine rings is 1. The van der Waals surface area contributed by atoms with Gasteiger partial charge in [0.2, 0.25) is 5.91 Å². The molecule has 1 aromatic heterocycles. The molecular formula is C23H27ClF2N4O3. The first kappa shape index (κ1) is 23.6. The highest BCUT2D eigenvalue weighted by atomic mass is 35.5. The number of benzene rings is 1. The van der Waals surface area contributed by atoms with Crippen LogP contribution in [0.15, 0.2) is 24.4 Å². The number of ether oxygens (including phenoxy) is 1.